The van der Waals surface area contributed by atoms with E-state index in [-0.39, 0.29) is 11.8 Å². The predicted molar refractivity (Wildman–Crippen MR) is 126 cm³/mol. The van der Waals surface area contributed by atoms with Crippen LogP contribution in [0.2, 0.25) is 0 Å². The molecule has 4 rings (SSSR count). The minimum Gasteiger partial charge on any atom is -0.497 e. The number of nitrogens with zero attached hydrogens (tertiary/aromatic N) is 3. The van der Waals surface area contributed by atoms with E-state index in [2.05, 4.69) is 15.5 Å². The summed E-state index contributed by atoms with van der Waals surface area (Å²) < 4.78 is 26.7. The Balaban J connectivity index is 1.38. The number of carbonyl (C=O) groups is 1. The van der Waals surface area contributed by atoms with Crippen LogP contribution >= 0.6 is 0 Å². The summed E-state index contributed by atoms with van der Waals surface area (Å²) in [6, 6.07) is 11.2. The molecule has 0 atom stereocenters. The molecule has 10 heteroatoms. The molecule has 1 amide bonds. The molecule has 0 spiro atoms. The Morgan fingerprint density at radius 2 is 1.65 bits per heavy atom. The molecule has 1 aliphatic rings. The lowest BCUT2D eigenvalue weighted by Gasteiger charge is -2.29. The van der Waals surface area contributed by atoms with Gasteiger partial charge >= 0.3 is 6.01 Å². The van der Waals surface area contributed by atoms with Crippen molar-refractivity contribution in [2.24, 2.45) is 5.92 Å². The lowest BCUT2D eigenvalue weighted by molar-refractivity contribution is -0.120. The summed E-state index contributed by atoms with van der Waals surface area (Å²) in [5.74, 6) is 2.71. The summed E-state index contributed by atoms with van der Waals surface area (Å²) >= 11 is 0. The van der Waals surface area contributed by atoms with Crippen molar-refractivity contribution in [3.05, 3.63) is 36.4 Å². The molecule has 10 nitrogen and oxygen atoms in total. The van der Waals surface area contributed by atoms with E-state index in [1.807, 2.05) is 11.0 Å². The first-order valence-electron chi connectivity index (χ1n) is 10.9. The number of hydrogen-bond donors (Lipinski definition) is 1. The van der Waals surface area contributed by atoms with Crippen LogP contribution < -0.4 is 29.2 Å². The summed E-state index contributed by atoms with van der Waals surface area (Å²) in [5, 5.41) is 7.08. The lowest BCUT2D eigenvalue weighted by atomic mass is 9.96. The number of hydrogen-bond acceptors (Lipinski definition) is 9. The number of amides is 1. The van der Waals surface area contributed by atoms with Crippen molar-refractivity contribution in [3.8, 4) is 34.4 Å². The van der Waals surface area contributed by atoms with E-state index in [0.29, 0.717) is 66.5 Å². The van der Waals surface area contributed by atoms with Crippen LogP contribution in [-0.4, -0.2) is 57.6 Å². The maximum atomic E-state index is 12.9. The smallest absolute Gasteiger partial charge is 0.324 e. The second-order valence-electron chi connectivity index (χ2n) is 7.79. The maximum Gasteiger partial charge on any atom is 0.324 e. The van der Waals surface area contributed by atoms with E-state index < -0.39 is 0 Å². The van der Waals surface area contributed by atoms with Gasteiger partial charge in [-0.25, -0.2) is 0 Å². The Bertz CT molecular complexity index is 1140. The summed E-state index contributed by atoms with van der Waals surface area (Å²) in [7, 11) is 6.31. The fraction of sp³-hybridized carbons (Fsp3) is 0.375. The number of carbonyl (C=O) groups excluding carboxylic acids is 1. The number of methoxy groups -OCH3 is 4. The van der Waals surface area contributed by atoms with Crippen molar-refractivity contribution in [1.29, 1.82) is 0 Å². The van der Waals surface area contributed by atoms with Crippen molar-refractivity contribution < 1.29 is 28.3 Å². The van der Waals surface area contributed by atoms with Gasteiger partial charge in [0.25, 0.3) is 0 Å². The maximum absolute atomic E-state index is 12.9. The monoisotopic (exact) mass is 468 g/mol. The van der Waals surface area contributed by atoms with Crippen LogP contribution in [0.4, 0.5) is 11.7 Å². The fourth-order valence-electron chi connectivity index (χ4n) is 3.92. The molecule has 0 bridgehead atoms. The zero-order chi connectivity index (χ0) is 24.1. The molecule has 2 aromatic carbocycles. The van der Waals surface area contributed by atoms with E-state index in [1.54, 1.807) is 58.8 Å². The second-order valence-corrected chi connectivity index (χ2v) is 7.79. The Hall–Kier alpha value is -3.95. The number of rotatable bonds is 8. The van der Waals surface area contributed by atoms with Gasteiger partial charge < -0.3 is 33.7 Å². The molecule has 0 radical (unpaired) electrons. The van der Waals surface area contributed by atoms with E-state index in [4.69, 9.17) is 23.5 Å². The van der Waals surface area contributed by atoms with Gasteiger partial charge in [0.1, 0.15) is 11.5 Å². The Morgan fingerprint density at radius 3 is 2.32 bits per heavy atom. The van der Waals surface area contributed by atoms with Gasteiger partial charge in [-0.2, -0.15) is 4.98 Å². The standard InChI is InChI=1S/C24H28N4O6/c1-30-17-6-8-19(31-2)18(14-17)25-23(29)15-9-11-28(12-10-15)24-26-22(27-34-24)16-5-7-20(32-3)21(13-16)33-4/h5-8,13-15H,9-12H2,1-4H3,(H,25,29). The Kier molecular flexibility index (Phi) is 7.05. The average Bonchev–Trinajstić information content (AvgIpc) is 3.38. The van der Waals surface area contributed by atoms with E-state index in [1.165, 1.54) is 0 Å². The van der Waals surface area contributed by atoms with Gasteiger partial charge in [0.2, 0.25) is 11.7 Å². The molecular formula is C24H28N4O6. The zero-order valence-corrected chi connectivity index (χ0v) is 19.7. The SMILES string of the molecule is COc1ccc(OC)c(NC(=O)C2CCN(c3nc(-c4ccc(OC)c(OC)c4)no3)CC2)c1. The first-order chi connectivity index (χ1) is 16.6. The normalized spacial score (nSPS) is 13.9. The van der Waals surface area contributed by atoms with Crippen molar-refractivity contribution in [2.75, 3.05) is 51.7 Å². The highest BCUT2D eigenvalue weighted by molar-refractivity contribution is 5.94. The number of nitrogens with one attached hydrogen (secondary N) is 1. The predicted octanol–water partition coefficient (Wildman–Crippen LogP) is 3.63. The van der Waals surface area contributed by atoms with Crippen LogP contribution in [0.1, 0.15) is 12.8 Å². The summed E-state index contributed by atoms with van der Waals surface area (Å²) in [5.41, 5.74) is 1.35. The second kappa shape index (κ2) is 10.3. The highest BCUT2D eigenvalue weighted by atomic mass is 16.5. The van der Waals surface area contributed by atoms with Crippen LogP contribution in [0.15, 0.2) is 40.9 Å². The molecule has 180 valence electrons. The number of anilines is 2. The van der Waals surface area contributed by atoms with Gasteiger partial charge in [0.15, 0.2) is 11.5 Å². The molecule has 34 heavy (non-hydrogen) atoms. The summed E-state index contributed by atoms with van der Waals surface area (Å²) in [6.07, 6.45) is 1.32. The summed E-state index contributed by atoms with van der Waals surface area (Å²) in [6.45, 7) is 1.25. The third kappa shape index (κ3) is 4.85. The largest absolute Gasteiger partial charge is 0.497 e. The summed E-state index contributed by atoms with van der Waals surface area (Å²) in [4.78, 5) is 19.4. The first kappa shape index (κ1) is 23.2. The van der Waals surface area contributed by atoms with Gasteiger partial charge in [-0.1, -0.05) is 5.16 Å². The minimum absolute atomic E-state index is 0.0530. The third-order valence-corrected chi connectivity index (χ3v) is 5.86. The minimum atomic E-state index is -0.139. The number of benzene rings is 2. The quantitative estimate of drug-likeness (QED) is 0.530. The number of aromatic nitrogens is 2. The van der Waals surface area contributed by atoms with Crippen molar-refractivity contribution in [1.82, 2.24) is 10.1 Å². The Morgan fingerprint density at radius 1 is 0.941 bits per heavy atom. The third-order valence-electron chi connectivity index (χ3n) is 5.86. The molecule has 1 saturated heterocycles. The zero-order valence-electron chi connectivity index (χ0n) is 19.7. The van der Waals surface area contributed by atoms with Crippen LogP contribution in [0.5, 0.6) is 23.0 Å². The number of ether oxygens (including phenoxy) is 4. The van der Waals surface area contributed by atoms with Gasteiger partial charge in [0, 0.05) is 30.6 Å². The molecule has 2 heterocycles. The molecule has 0 aliphatic carbocycles. The molecule has 1 aliphatic heterocycles. The van der Waals surface area contributed by atoms with Crippen LogP contribution in [0, 0.1) is 5.92 Å². The van der Waals surface area contributed by atoms with Crippen molar-refractivity contribution in [3.63, 3.8) is 0 Å². The molecular weight excluding hydrogens is 440 g/mol. The van der Waals surface area contributed by atoms with E-state index >= 15 is 0 Å². The van der Waals surface area contributed by atoms with Crippen molar-refractivity contribution in [2.45, 2.75) is 12.8 Å². The van der Waals surface area contributed by atoms with Crippen LogP contribution in [0.3, 0.4) is 0 Å². The van der Waals surface area contributed by atoms with Crippen molar-refractivity contribution >= 4 is 17.6 Å². The highest BCUT2D eigenvalue weighted by Crippen LogP contribution is 2.33. The van der Waals surface area contributed by atoms with Gasteiger partial charge in [-0.15, -0.1) is 0 Å². The van der Waals surface area contributed by atoms with Gasteiger partial charge in [-0.3, -0.25) is 4.79 Å². The average molecular weight is 469 g/mol. The first-order valence-corrected chi connectivity index (χ1v) is 10.9. The van der Waals surface area contributed by atoms with Crippen LogP contribution in [0.25, 0.3) is 11.4 Å². The Labute approximate surface area is 197 Å². The molecule has 0 saturated carbocycles. The molecule has 0 unspecified atom stereocenters. The molecule has 1 aromatic heterocycles. The van der Waals surface area contributed by atoms with Crippen LogP contribution in [-0.2, 0) is 4.79 Å². The topological polar surface area (TPSA) is 108 Å². The number of piperidine rings is 1. The fourth-order valence-corrected chi connectivity index (χ4v) is 3.92. The highest BCUT2D eigenvalue weighted by Gasteiger charge is 2.28. The lowest BCUT2D eigenvalue weighted by Crippen LogP contribution is -2.38. The van der Waals surface area contributed by atoms with E-state index in [0.717, 1.165) is 5.56 Å². The molecule has 1 fully saturated rings. The van der Waals surface area contributed by atoms with E-state index in [9.17, 15) is 4.79 Å². The van der Waals surface area contributed by atoms with Gasteiger partial charge in [0.05, 0.1) is 34.1 Å². The van der Waals surface area contributed by atoms with Gasteiger partial charge in [-0.05, 0) is 43.2 Å². The molecule has 3 aromatic rings. The molecule has 1 N–H and O–H groups in total.